The van der Waals surface area contributed by atoms with E-state index in [1.54, 1.807) is 25.4 Å². The minimum Gasteiger partial charge on any atom is -0.493 e. The summed E-state index contributed by atoms with van der Waals surface area (Å²) in [7, 11) is 1.54. The third-order valence-corrected chi connectivity index (χ3v) is 2.84. The summed E-state index contributed by atoms with van der Waals surface area (Å²) in [5.41, 5.74) is 1.98. The Morgan fingerprint density at radius 1 is 1.19 bits per heavy atom. The maximum atomic E-state index is 11.1. The first-order valence-electron chi connectivity index (χ1n) is 6.65. The predicted octanol–water partition coefficient (Wildman–Crippen LogP) is 2.31. The van der Waals surface area contributed by atoms with Gasteiger partial charge >= 0.3 is 5.97 Å². The average Bonchev–Trinajstić information content (AvgIpc) is 2.48. The van der Waals surface area contributed by atoms with E-state index in [0.717, 1.165) is 11.3 Å². The fourth-order valence-corrected chi connectivity index (χ4v) is 1.90. The number of pyridine rings is 1. The fraction of sp³-hybridized carbons (Fsp3) is 0.250. The van der Waals surface area contributed by atoms with Crippen LogP contribution in [0.4, 0.5) is 0 Å². The molecule has 110 valence electrons. The molecular weight excluding hydrogens is 268 g/mol. The van der Waals surface area contributed by atoms with Gasteiger partial charge in [0.25, 0.3) is 0 Å². The second kappa shape index (κ2) is 7.40. The smallest absolute Gasteiger partial charge is 0.308 e. The minimum absolute atomic E-state index is 0.369. The van der Waals surface area contributed by atoms with E-state index in [9.17, 15) is 4.79 Å². The lowest BCUT2D eigenvalue weighted by Gasteiger charge is -2.10. The molecule has 1 N–H and O–H groups in total. The summed E-state index contributed by atoms with van der Waals surface area (Å²) in [4.78, 5) is 15.3. The highest BCUT2D eigenvalue weighted by atomic mass is 16.6. The number of hydrogen-bond donors (Lipinski definition) is 1. The Hall–Kier alpha value is -2.40. The molecule has 2 aromatic rings. The number of carbonyl (C=O) groups excluding carboxylic acids is 1. The maximum absolute atomic E-state index is 11.1. The molecule has 2 rings (SSSR count). The van der Waals surface area contributed by atoms with Gasteiger partial charge in [0.2, 0.25) is 0 Å². The van der Waals surface area contributed by atoms with E-state index in [0.29, 0.717) is 24.6 Å². The Bertz CT molecular complexity index is 600. The van der Waals surface area contributed by atoms with Crippen molar-refractivity contribution in [2.24, 2.45) is 0 Å². The first-order valence-corrected chi connectivity index (χ1v) is 6.65. The van der Waals surface area contributed by atoms with E-state index in [1.807, 2.05) is 24.3 Å². The van der Waals surface area contributed by atoms with E-state index >= 15 is 0 Å². The number of aromatic nitrogens is 1. The lowest BCUT2D eigenvalue weighted by Crippen LogP contribution is -2.13. The van der Waals surface area contributed by atoms with Crippen LogP contribution in [0.3, 0.4) is 0 Å². The van der Waals surface area contributed by atoms with Crippen molar-refractivity contribution in [2.45, 2.75) is 20.0 Å². The third-order valence-electron chi connectivity index (χ3n) is 2.84. The molecule has 1 aromatic carbocycles. The molecule has 5 nitrogen and oxygen atoms in total. The lowest BCUT2D eigenvalue weighted by molar-refractivity contribution is -0.132. The van der Waals surface area contributed by atoms with E-state index in [1.165, 1.54) is 6.92 Å². The lowest BCUT2D eigenvalue weighted by atomic mass is 10.2. The molecule has 0 fully saturated rings. The Labute approximate surface area is 123 Å². The molecule has 0 atom stereocenters. The van der Waals surface area contributed by atoms with Crippen LogP contribution in [-0.2, 0) is 17.9 Å². The van der Waals surface area contributed by atoms with Gasteiger partial charge in [-0.2, -0.15) is 0 Å². The third kappa shape index (κ3) is 4.57. The van der Waals surface area contributed by atoms with Crippen molar-refractivity contribution >= 4 is 5.97 Å². The van der Waals surface area contributed by atoms with E-state index in [4.69, 9.17) is 9.47 Å². The molecule has 0 unspecified atom stereocenters. The van der Waals surface area contributed by atoms with Crippen LogP contribution < -0.4 is 14.8 Å². The second-order valence-corrected chi connectivity index (χ2v) is 4.50. The van der Waals surface area contributed by atoms with Gasteiger partial charge in [0, 0.05) is 26.2 Å². The SMILES string of the molecule is COc1ccc(CNCc2ccccn2)cc1OC(C)=O. The zero-order chi connectivity index (χ0) is 15.1. The largest absolute Gasteiger partial charge is 0.493 e. The zero-order valence-electron chi connectivity index (χ0n) is 12.1. The van der Waals surface area contributed by atoms with Crippen LogP contribution in [0.15, 0.2) is 42.6 Å². The standard InChI is InChI=1S/C16H18N2O3/c1-12(19)21-16-9-13(6-7-15(16)20-2)10-17-11-14-5-3-4-8-18-14/h3-9,17H,10-11H2,1-2H3. The fourth-order valence-electron chi connectivity index (χ4n) is 1.90. The molecule has 0 aliphatic rings. The Morgan fingerprint density at radius 2 is 2.05 bits per heavy atom. The molecule has 0 amide bonds. The number of methoxy groups -OCH3 is 1. The summed E-state index contributed by atoms with van der Waals surface area (Å²) < 4.78 is 10.3. The van der Waals surface area contributed by atoms with Gasteiger partial charge in [0.05, 0.1) is 12.8 Å². The van der Waals surface area contributed by atoms with E-state index in [-0.39, 0.29) is 5.97 Å². The molecule has 0 aliphatic heterocycles. The number of carbonyl (C=O) groups is 1. The summed E-state index contributed by atoms with van der Waals surface area (Å²) in [5, 5.41) is 3.29. The minimum atomic E-state index is -0.369. The highest BCUT2D eigenvalue weighted by molar-refractivity contribution is 5.70. The molecule has 0 saturated heterocycles. The van der Waals surface area contributed by atoms with Gasteiger partial charge in [0.1, 0.15) is 0 Å². The summed E-state index contributed by atoms with van der Waals surface area (Å²) in [6, 6.07) is 11.3. The van der Waals surface area contributed by atoms with Crippen LogP contribution >= 0.6 is 0 Å². The Morgan fingerprint density at radius 3 is 2.71 bits per heavy atom. The van der Waals surface area contributed by atoms with Gasteiger partial charge in [0.15, 0.2) is 11.5 Å². The monoisotopic (exact) mass is 286 g/mol. The molecule has 5 heteroatoms. The molecule has 21 heavy (non-hydrogen) atoms. The van der Waals surface area contributed by atoms with Crippen molar-refractivity contribution in [1.29, 1.82) is 0 Å². The van der Waals surface area contributed by atoms with Gasteiger partial charge in [-0.25, -0.2) is 0 Å². The average molecular weight is 286 g/mol. The van der Waals surface area contributed by atoms with Crippen LogP contribution in [-0.4, -0.2) is 18.1 Å². The molecule has 0 aliphatic carbocycles. The molecule has 0 saturated carbocycles. The van der Waals surface area contributed by atoms with Crippen LogP contribution in [0.2, 0.25) is 0 Å². The number of rotatable bonds is 6. The van der Waals surface area contributed by atoms with Gasteiger partial charge < -0.3 is 14.8 Å². The van der Waals surface area contributed by atoms with Crippen LogP contribution in [0.5, 0.6) is 11.5 Å². The summed E-state index contributed by atoms with van der Waals surface area (Å²) >= 11 is 0. The number of benzene rings is 1. The molecule has 0 spiro atoms. The Balaban J connectivity index is 1.98. The van der Waals surface area contributed by atoms with Crippen molar-refractivity contribution < 1.29 is 14.3 Å². The quantitative estimate of drug-likeness (QED) is 0.652. The first kappa shape index (κ1) is 15.0. The molecule has 0 radical (unpaired) electrons. The molecule has 1 heterocycles. The molecule has 1 aromatic heterocycles. The zero-order valence-corrected chi connectivity index (χ0v) is 12.1. The molecular formula is C16H18N2O3. The second-order valence-electron chi connectivity index (χ2n) is 4.50. The van der Waals surface area contributed by atoms with Crippen molar-refractivity contribution in [1.82, 2.24) is 10.3 Å². The number of nitrogens with one attached hydrogen (secondary N) is 1. The number of nitrogens with zero attached hydrogens (tertiary/aromatic N) is 1. The van der Waals surface area contributed by atoms with Crippen molar-refractivity contribution in [2.75, 3.05) is 7.11 Å². The van der Waals surface area contributed by atoms with E-state index in [2.05, 4.69) is 10.3 Å². The van der Waals surface area contributed by atoms with Gasteiger partial charge in [-0.3, -0.25) is 9.78 Å². The summed E-state index contributed by atoms with van der Waals surface area (Å²) in [6.07, 6.45) is 1.77. The van der Waals surface area contributed by atoms with E-state index < -0.39 is 0 Å². The van der Waals surface area contributed by atoms with Crippen LogP contribution in [0, 0.1) is 0 Å². The predicted molar refractivity (Wildman–Crippen MR) is 79.1 cm³/mol. The first-order chi connectivity index (χ1) is 10.2. The van der Waals surface area contributed by atoms with Crippen molar-refractivity contribution in [3.8, 4) is 11.5 Å². The topological polar surface area (TPSA) is 60.4 Å². The van der Waals surface area contributed by atoms with Crippen molar-refractivity contribution in [3.63, 3.8) is 0 Å². The molecule has 0 bridgehead atoms. The highest BCUT2D eigenvalue weighted by Crippen LogP contribution is 2.28. The summed E-state index contributed by atoms with van der Waals surface area (Å²) in [5.74, 6) is 0.604. The van der Waals surface area contributed by atoms with Gasteiger partial charge in [-0.15, -0.1) is 0 Å². The van der Waals surface area contributed by atoms with Gasteiger partial charge in [-0.05, 0) is 29.8 Å². The number of ether oxygens (including phenoxy) is 2. The van der Waals surface area contributed by atoms with Crippen LogP contribution in [0.1, 0.15) is 18.2 Å². The number of hydrogen-bond acceptors (Lipinski definition) is 5. The number of esters is 1. The Kier molecular flexibility index (Phi) is 5.29. The highest BCUT2D eigenvalue weighted by Gasteiger charge is 2.08. The van der Waals surface area contributed by atoms with Crippen molar-refractivity contribution in [3.05, 3.63) is 53.9 Å². The normalized spacial score (nSPS) is 10.2. The van der Waals surface area contributed by atoms with Gasteiger partial charge in [-0.1, -0.05) is 12.1 Å². The van der Waals surface area contributed by atoms with Crippen LogP contribution in [0.25, 0.3) is 0 Å². The maximum Gasteiger partial charge on any atom is 0.308 e. The summed E-state index contributed by atoms with van der Waals surface area (Å²) in [6.45, 7) is 2.69.